The molecule has 0 saturated carbocycles. The van der Waals surface area contributed by atoms with Crippen molar-refractivity contribution >= 4 is 12.6 Å². The topological polar surface area (TPSA) is 49.7 Å². The summed E-state index contributed by atoms with van der Waals surface area (Å²) in [7, 11) is -1.42. The van der Waals surface area contributed by atoms with Gasteiger partial charge in [0.1, 0.15) is 0 Å². The average molecular weight is 192 g/mol. The van der Waals surface area contributed by atoms with E-state index in [1.807, 2.05) is 19.1 Å². The van der Waals surface area contributed by atoms with Crippen LogP contribution in [0.2, 0.25) is 0 Å². The Morgan fingerprint density at radius 3 is 2.50 bits per heavy atom. The highest BCUT2D eigenvalue weighted by molar-refractivity contribution is 6.59. The van der Waals surface area contributed by atoms with Crippen LogP contribution in [0, 0.1) is 0 Å². The molecule has 0 radical (unpaired) electrons. The average Bonchev–Trinajstić information content (AvgIpc) is 2.14. The van der Waals surface area contributed by atoms with Gasteiger partial charge in [-0.05, 0) is 17.9 Å². The summed E-state index contributed by atoms with van der Waals surface area (Å²) >= 11 is 0. The zero-order valence-corrected chi connectivity index (χ0v) is 8.10. The molecule has 3 nitrogen and oxygen atoms in total. The Kier molecular flexibility index (Phi) is 2.35. The van der Waals surface area contributed by atoms with Crippen molar-refractivity contribution in [3.8, 4) is 0 Å². The van der Waals surface area contributed by atoms with E-state index in [2.05, 4.69) is 0 Å². The maximum Gasteiger partial charge on any atom is 0.488 e. The van der Waals surface area contributed by atoms with E-state index in [1.54, 1.807) is 12.1 Å². The lowest BCUT2D eigenvalue weighted by Crippen LogP contribution is -2.45. The first-order valence-electron chi connectivity index (χ1n) is 4.73. The molecule has 0 spiro atoms. The van der Waals surface area contributed by atoms with Crippen LogP contribution in [-0.2, 0) is 10.3 Å². The van der Waals surface area contributed by atoms with Crippen LogP contribution in [0.15, 0.2) is 24.3 Å². The monoisotopic (exact) mass is 192 g/mol. The molecular weight excluding hydrogens is 179 g/mol. The van der Waals surface area contributed by atoms with Crippen LogP contribution in [0.4, 0.5) is 0 Å². The van der Waals surface area contributed by atoms with Gasteiger partial charge in [0.15, 0.2) is 0 Å². The van der Waals surface area contributed by atoms with Gasteiger partial charge in [0.25, 0.3) is 0 Å². The Labute approximate surface area is 83.5 Å². The van der Waals surface area contributed by atoms with E-state index in [0.717, 1.165) is 18.6 Å². The lowest BCUT2D eigenvalue weighted by molar-refractivity contribution is -0.140. The molecule has 0 amide bonds. The first kappa shape index (κ1) is 9.71. The van der Waals surface area contributed by atoms with E-state index in [9.17, 15) is 10.0 Å². The van der Waals surface area contributed by atoms with Crippen molar-refractivity contribution in [2.45, 2.75) is 18.9 Å². The molecule has 1 atom stereocenters. The number of ether oxygens (including phenoxy) is 1. The molecule has 14 heavy (non-hydrogen) atoms. The molecule has 1 saturated heterocycles. The van der Waals surface area contributed by atoms with Gasteiger partial charge in [-0.15, -0.1) is 0 Å². The minimum absolute atomic E-state index is 0.333. The van der Waals surface area contributed by atoms with Crippen molar-refractivity contribution in [2.24, 2.45) is 0 Å². The van der Waals surface area contributed by atoms with Gasteiger partial charge in [-0.25, -0.2) is 0 Å². The second-order valence-electron chi connectivity index (χ2n) is 3.79. The molecule has 0 aliphatic carbocycles. The predicted octanol–water partition coefficient (Wildman–Crippen LogP) is 0.00190. The van der Waals surface area contributed by atoms with Gasteiger partial charge in [0.05, 0.1) is 12.2 Å². The van der Waals surface area contributed by atoms with Gasteiger partial charge in [-0.3, -0.25) is 0 Å². The van der Waals surface area contributed by atoms with E-state index < -0.39 is 7.12 Å². The maximum absolute atomic E-state index is 9.19. The molecule has 1 unspecified atom stereocenters. The normalized spacial score (nSPS) is 25.6. The van der Waals surface area contributed by atoms with E-state index in [-0.39, 0.29) is 5.60 Å². The summed E-state index contributed by atoms with van der Waals surface area (Å²) in [5.74, 6) is 0. The van der Waals surface area contributed by atoms with Gasteiger partial charge >= 0.3 is 7.12 Å². The molecule has 1 aliphatic rings. The van der Waals surface area contributed by atoms with Crippen molar-refractivity contribution in [3.63, 3.8) is 0 Å². The lowest BCUT2D eigenvalue weighted by atomic mass is 9.71. The molecule has 1 heterocycles. The molecule has 1 aromatic carbocycles. The van der Waals surface area contributed by atoms with Gasteiger partial charge < -0.3 is 14.8 Å². The molecule has 4 heteroatoms. The van der Waals surface area contributed by atoms with Crippen molar-refractivity contribution in [1.82, 2.24) is 0 Å². The fourth-order valence-electron chi connectivity index (χ4n) is 1.82. The van der Waals surface area contributed by atoms with E-state index in [4.69, 9.17) is 4.74 Å². The third kappa shape index (κ3) is 1.45. The Morgan fingerprint density at radius 1 is 1.36 bits per heavy atom. The van der Waals surface area contributed by atoms with E-state index >= 15 is 0 Å². The minimum atomic E-state index is -1.42. The van der Waals surface area contributed by atoms with Gasteiger partial charge in [-0.2, -0.15) is 0 Å². The third-order valence-corrected chi connectivity index (χ3v) is 2.81. The lowest BCUT2D eigenvalue weighted by Gasteiger charge is -2.40. The second-order valence-corrected chi connectivity index (χ2v) is 3.79. The first-order chi connectivity index (χ1) is 6.63. The van der Waals surface area contributed by atoms with Crippen LogP contribution in [-0.4, -0.2) is 23.8 Å². The van der Waals surface area contributed by atoms with Crippen molar-refractivity contribution in [2.75, 3.05) is 6.61 Å². The van der Waals surface area contributed by atoms with Gasteiger partial charge in [-0.1, -0.05) is 24.3 Å². The van der Waals surface area contributed by atoms with Crippen molar-refractivity contribution < 1.29 is 14.8 Å². The van der Waals surface area contributed by atoms with Crippen molar-refractivity contribution in [1.29, 1.82) is 0 Å². The van der Waals surface area contributed by atoms with Crippen LogP contribution in [0.25, 0.3) is 0 Å². The standard InChI is InChI=1S/C10H13BO3/c1-10(6-7-14-10)8-4-2-3-5-9(8)11(12)13/h2-5,12-13H,6-7H2,1H3. The fraction of sp³-hybridized carbons (Fsp3) is 0.400. The van der Waals surface area contributed by atoms with Crippen LogP contribution >= 0.6 is 0 Å². The number of hydrogen-bond donors (Lipinski definition) is 2. The Balaban J connectivity index is 2.41. The molecule has 1 aliphatic heterocycles. The van der Waals surface area contributed by atoms with Crippen LogP contribution in [0.5, 0.6) is 0 Å². The Hall–Kier alpha value is -0.835. The largest absolute Gasteiger partial charge is 0.488 e. The molecule has 2 N–H and O–H groups in total. The number of benzene rings is 1. The van der Waals surface area contributed by atoms with E-state index in [0.29, 0.717) is 5.46 Å². The SMILES string of the molecule is CC1(c2ccccc2B(O)O)CCO1. The molecule has 1 aromatic rings. The van der Waals surface area contributed by atoms with Crippen molar-refractivity contribution in [3.05, 3.63) is 29.8 Å². The van der Waals surface area contributed by atoms with Crippen LogP contribution in [0.1, 0.15) is 18.9 Å². The quantitative estimate of drug-likeness (QED) is 0.648. The van der Waals surface area contributed by atoms with Gasteiger partial charge in [0.2, 0.25) is 0 Å². The highest BCUT2D eigenvalue weighted by Gasteiger charge is 2.38. The highest BCUT2D eigenvalue weighted by Crippen LogP contribution is 2.35. The second kappa shape index (κ2) is 3.39. The highest BCUT2D eigenvalue weighted by atomic mass is 16.5. The predicted molar refractivity (Wildman–Crippen MR) is 54.2 cm³/mol. The van der Waals surface area contributed by atoms with E-state index in [1.165, 1.54) is 0 Å². The van der Waals surface area contributed by atoms with Gasteiger partial charge in [0, 0.05) is 6.42 Å². The molecular formula is C10H13BO3. The summed E-state index contributed by atoms with van der Waals surface area (Å²) in [5, 5.41) is 18.4. The molecule has 2 rings (SSSR count). The zero-order valence-electron chi connectivity index (χ0n) is 8.10. The fourth-order valence-corrected chi connectivity index (χ4v) is 1.82. The first-order valence-corrected chi connectivity index (χ1v) is 4.73. The van der Waals surface area contributed by atoms with Crippen LogP contribution in [0.3, 0.4) is 0 Å². The molecule has 74 valence electrons. The minimum Gasteiger partial charge on any atom is -0.423 e. The maximum atomic E-state index is 9.19. The summed E-state index contributed by atoms with van der Waals surface area (Å²) in [6.07, 6.45) is 0.927. The third-order valence-electron chi connectivity index (χ3n) is 2.81. The molecule has 0 aromatic heterocycles. The number of rotatable bonds is 2. The summed E-state index contributed by atoms with van der Waals surface area (Å²) < 4.78 is 5.47. The van der Waals surface area contributed by atoms with Crippen LogP contribution < -0.4 is 5.46 Å². The summed E-state index contributed by atoms with van der Waals surface area (Å²) in [5.41, 5.74) is 1.08. The summed E-state index contributed by atoms with van der Waals surface area (Å²) in [6.45, 7) is 2.71. The summed E-state index contributed by atoms with van der Waals surface area (Å²) in [6, 6.07) is 7.27. The summed E-state index contributed by atoms with van der Waals surface area (Å²) in [4.78, 5) is 0. The Bertz CT molecular complexity index is 334. The molecule has 1 fully saturated rings. The molecule has 0 bridgehead atoms. The number of hydrogen-bond acceptors (Lipinski definition) is 3. The smallest absolute Gasteiger partial charge is 0.423 e. The zero-order chi connectivity index (χ0) is 10.2. The Morgan fingerprint density at radius 2 is 2.00 bits per heavy atom.